The number of aryl methyl sites for hydroxylation is 1. The monoisotopic (exact) mass is 529 g/mol. The average molecular weight is 530 g/mol. The molecule has 1 aromatic heterocycles. The van der Waals surface area contributed by atoms with Crippen molar-refractivity contribution in [2.75, 3.05) is 49.9 Å². The molecule has 1 atom stereocenters. The number of nitrogens with zero attached hydrogens (tertiary/aromatic N) is 5. The Labute approximate surface area is 222 Å². The molecule has 1 amide bonds. The minimum absolute atomic E-state index is 0.0706. The maximum absolute atomic E-state index is 12.2. The van der Waals surface area contributed by atoms with Gasteiger partial charge in [0.2, 0.25) is 0 Å². The fourth-order valence-electron chi connectivity index (χ4n) is 5.29. The van der Waals surface area contributed by atoms with Gasteiger partial charge in [-0.15, -0.1) is 0 Å². The predicted octanol–water partition coefficient (Wildman–Crippen LogP) is 2.40. The van der Waals surface area contributed by atoms with Gasteiger partial charge in [0.25, 0.3) is 5.91 Å². The van der Waals surface area contributed by atoms with Crippen LogP contribution in [0.3, 0.4) is 0 Å². The number of anilines is 2. The number of carboxylic acids is 1. The number of carbonyl (C=O) groups excluding carboxylic acids is 1. The van der Waals surface area contributed by atoms with E-state index in [2.05, 4.69) is 68.1 Å². The van der Waals surface area contributed by atoms with Crippen molar-refractivity contribution in [1.82, 2.24) is 25.1 Å². The van der Waals surface area contributed by atoms with Crippen molar-refractivity contribution >= 4 is 35.1 Å². The normalized spacial score (nSPS) is 19.6. The van der Waals surface area contributed by atoms with Crippen LogP contribution in [0.4, 0.5) is 11.6 Å². The molecule has 37 heavy (non-hydrogen) atoms. The number of nitrogen functional groups attached to an aromatic ring is 1. The Kier molecular flexibility index (Phi) is 8.83. The Bertz CT molecular complexity index is 1110. The van der Waals surface area contributed by atoms with Gasteiger partial charge in [-0.05, 0) is 44.8 Å². The Morgan fingerprint density at radius 1 is 1.14 bits per heavy atom. The molecule has 2 aliphatic rings. The molecule has 2 fully saturated rings. The zero-order chi connectivity index (χ0) is 26.5. The van der Waals surface area contributed by atoms with Crippen LogP contribution in [0, 0.1) is 6.92 Å². The molecule has 0 spiro atoms. The number of piperidine rings is 1. The topological polar surface area (TPSA) is 128 Å². The van der Waals surface area contributed by atoms with Crippen LogP contribution in [0.25, 0.3) is 0 Å². The van der Waals surface area contributed by atoms with Gasteiger partial charge in [-0.25, -0.2) is 9.97 Å². The van der Waals surface area contributed by atoms with Gasteiger partial charge in [0.1, 0.15) is 6.54 Å². The van der Waals surface area contributed by atoms with E-state index in [1.54, 1.807) is 0 Å². The summed E-state index contributed by atoms with van der Waals surface area (Å²) in [5, 5.41) is 11.1. The molecule has 4 N–H and O–H groups in total. The Morgan fingerprint density at radius 2 is 1.84 bits per heavy atom. The fourth-order valence-corrected chi connectivity index (χ4v) is 5.54. The van der Waals surface area contributed by atoms with Gasteiger partial charge in [-0.1, -0.05) is 48.4 Å². The van der Waals surface area contributed by atoms with Gasteiger partial charge in [-0.2, -0.15) is 0 Å². The molecule has 2 aromatic rings. The summed E-state index contributed by atoms with van der Waals surface area (Å²) in [6, 6.07) is 9.71. The van der Waals surface area contributed by atoms with Crippen LogP contribution < -0.4 is 16.0 Å². The van der Waals surface area contributed by atoms with E-state index in [0.29, 0.717) is 17.9 Å². The zero-order valence-corrected chi connectivity index (χ0v) is 22.2. The Balaban J connectivity index is 1.35. The molecular formula is C26H36ClN7O3. The van der Waals surface area contributed by atoms with Crippen LogP contribution in [0.5, 0.6) is 0 Å². The number of halogens is 1. The van der Waals surface area contributed by atoms with E-state index in [1.807, 2.05) is 0 Å². The first-order valence-corrected chi connectivity index (χ1v) is 13.2. The summed E-state index contributed by atoms with van der Waals surface area (Å²) in [6.07, 6.45) is 3.29. The van der Waals surface area contributed by atoms with E-state index >= 15 is 0 Å². The number of amides is 1. The number of nitrogens with one attached hydrogen (secondary N) is 1. The highest BCUT2D eigenvalue weighted by Crippen LogP contribution is 2.30. The van der Waals surface area contributed by atoms with Gasteiger partial charge >= 0.3 is 5.97 Å². The third-order valence-electron chi connectivity index (χ3n) is 7.33. The summed E-state index contributed by atoms with van der Waals surface area (Å²) in [6.45, 7) is 9.34. The number of carboxylic acid groups (broad SMARTS) is 1. The third kappa shape index (κ3) is 6.68. The molecule has 1 aromatic carbocycles. The van der Waals surface area contributed by atoms with Gasteiger partial charge in [0.15, 0.2) is 22.5 Å². The number of carbonyl (C=O) groups is 2. The number of nitrogens with two attached hydrogens (primary N) is 1. The highest BCUT2D eigenvalue weighted by atomic mass is 35.5. The summed E-state index contributed by atoms with van der Waals surface area (Å²) in [7, 11) is 0. The Morgan fingerprint density at radius 3 is 2.49 bits per heavy atom. The quantitative estimate of drug-likeness (QED) is 0.472. The van der Waals surface area contributed by atoms with Crippen LogP contribution in [0.2, 0.25) is 5.15 Å². The van der Waals surface area contributed by atoms with Crippen LogP contribution in [0.15, 0.2) is 24.3 Å². The van der Waals surface area contributed by atoms with Gasteiger partial charge in [0, 0.05) is 38.3 Å². The number of hydrogen-bond acceptors (Lipinski definition) is 8. The van der Waals surface area contributed by atoms with E-state index < -0.39 is 18.4 Å². The highest BCUT2D eigenvalue weighted by molar-refractivity contribution is 6.32. The summed E-state index contributed by atoms with van der Waals surface area (Å²) in [5.74, 6) is -1.49. The molecule has 0 radical (unpaired) electrons. The number of benzene rings is 1. The molecular weight excluding hydrogens is 494 g/mol. The molecule has 200 valence electrons. The lowest BCUT2D eigenvalue weighted by atomic mass is 9.98. The molecule has 10 nitrogen and oxygen atoms in total. The number of piperazine rings is 1. The maximum Gasteiger partial charge on any atom is 0.322 e. The molecule has 0 saturated carbocycles. The number of likely N-dealkylation sites (tertiary alicyclic amines) is 1. The van der Waals surface area contributed by atoms with Gasteiger partial charge in [0.05, 0.1) is 0 Å². The fraction of sp³-hybridized carbons (Fsp3) is 0.538. The first kappa shape index (κ1) is 27.1. The molecule has 0 unspecified atom stereocenters. The second-order valence-electron chi connectivity index (χ2n) is 9.89. The second kappa shape index (κ2) is 12.1. The van der Waals surface area contributed by atoms with Gasteiger partial charge in [-0.3, -0.25) is 19.4 Å². The lowest BCUT2D eigenvalue weighted by molar-refractivity contribution is -0.135. The van der Waals surface area contributed by atoms with Crippen LogP contribution in [-0.4, -0.2) is 88.1 Å². The van der Waals surface area contributed by atoms with Crippen molar-refractivity contribution in [2.45, 2.75) is 51.7 Å². The summed E-state index contributed by atoms with van der Waals surface area (Å²) < 4.78 is 0. The number of hydrogen-bond donors (Lipinski definition) is 3. The minimum Gasteiger partial charge on any atom is -0.480 e. The highest BCUT2D eigenvalue weighted by Gasteiger charge is 2.34. The van der Waals surface area contributed by atoms with E-state index in [0.717, 1.165) is 58.5 Å². The van der Waals surface area contributed by atoms with Crippen molar-refractivity contribution in [3.05, 3.63) is 46.2 Å². The molecule has 4 rings (SSSR count). The zero-order valence-electron chi connectivity index (χ0n) is 21.5. The smallest absolute Gasteiger partial charge is 0.322 e. The molecule has 2 saturated heterocycles. The second-order valence-corrected chi connectivity index (χ2v) is 10.2. The van der Waals surface area contributed by atoms with Crippen molar-refractivity contribution in [3.63, 3.8) is 0 Å². The predicted molar refractivity (Wildman–Crippen MR) is 144 cm³/mol. The first-order valence-electron chi connectivity index (χ1n) is 12.9. The molecule has 0 bridgehead atoms. The van der Waals surface area contributed by atoms with E-state index in [-0.39, 0.29) is 16.7 Å². The minimum atomic E-state index is -1.16. The first-order chi connectivity index (χ1) is 17.7. The number of rotatable bonds is 8. The van der Waals surface area contributed by atoms with E-state index in [4.69, 9.17) is 22.4 Å². The average Bonchev–Trinajstić information content (AvgIpc) is 2.89. The van der Waals surface area contributed by atoms with E-state index in [9.17, 15) is 9.59 Å². The lowest BCUT2D eigenvalue weighted by Crippen LogP contribution is -2.58. The lowest BCUT2D eigenvalue weighted by Gasteiger charge is -2.47. The van der Waals surface area contributed by atoms with Crippen LogP contribution in [0.1, 0.15) is 47.8 Å². The largest absolute Gasteiger partial charge is 0.480 e. The molecule has 2 aliphatic heterocycles. The maximum atomic E-state index is 12.2. The third-order valence-corrected chi connectivity index (χ3v) is 7.58. The summed E-state index contributed by atoms with van der Waals surface area (Å²) in [4.78, 5) is 38.7. The van der Waals surface area contributed by atoms with Crippen molar-refractivity contribution in [2.24, 2.45) is 0 Å². The van der Waals surface area contributed by atoms with Crippen LogP contribution >= 0.6 is 11.6 Å². The number of aliphatic carboxylic acids is 1. The SMILES string of the molecule is CC[C@H]1CN(c2nc(N)c(C(=O)NCC(=O)O)nc2Cl)CCN1C1CCN(Cc2ccc(C)cc2)CC1. The summed E-state index contributed by atoms with van der Waals surface area (Å²) >= 11 is 6.42. The molecule has 3 heterocycles. The van der Waals surface area contributed by atoms with Gasteiger partial charge < -0.3 is 21.1 Å². The van der Waals surface area contributed by atoms with Crippen molar-refractivity contribution in [3.8, 4) is 0 Å². The molecule has 11 heteroatoms. The summed E-state index contributed by atoms with van der Waals surface area (Å²) in [5.41, 5.74) is 8.50. The Hall–Kier alpha value is -2.95. The van der Waals surface area contributed by atoms with Crippen molar-refractivity contribution in [1.29, 1.82) is 0 Å². The van der Waals surface area contributed by atoms with E-state index in [1.165, 1.54) is 11.1 Å². The number of aromatic nitrogens is 2. The molecule has 0 aliphatic carbocycles. The van der Waals surface area contributed by atoms with Crippen LogP contribution in [-0.2, 0) is 11.3 Å². The van der Waals surface area contributed by atoms with Crippen molar-refractivity contribution < 1.29 is 14.7 Å². The standard InChI is InChI=1S/C26H36ClN7O3/c1-3-19-16-33(25-23(27)30-22(24(28)31-25)26(37)29-14-21(35)36)12-13-34(19)20-8-10-32(11-9-20)15-18-6-4-17(2)5-7-18/h4-7,19-20H,3,8-16H2,1-2H3,(H2,28,31)(H,29,37)(H,35,36)/t19-/m0/s1.